The van der Waals surface area contributed by atoms with Crippen molar-refractivity contribution in [3.8, 4) is 0 Å². The lowest BCUT2D eigenvalue weighted by molar-refractivity contribution is -0.399. The van der Waals surface area contributed by atoms with Gasteiger partial charge in [-0.2, -0.15) is 0 Å². The summed E-state index contributed by atoms with van der Waals surface area (Å²) in [6, 6.07) is 0. The summed E-state index contributed by atoms with van der Waals surface area (Å²) in [4.78, 5) is 0. The minimum absolute atomic E-state index is 0.238. The summed E-state index contributed by atoms with van der Waals surface area (Å²) in [6.45, 7) is 16.2. The van der Waals surface area contributed by atoms with E-state index in [1.165, 1.54) is 12.8 Å². The smallest absolute Gasteiger partial charge is 0.285 e. The van der Waals surface area contributed by atoms with Crippen LogP contribution in [0.1, 0.15) is 67.7 Å². The lowest BCUT2D eigenvalue weighted by Gasteiger charge is -2.36. The third-order valence-electron chi connectivity index (χ3n) is 2.75. The zero-order valence-corrected chi connectivity index (χ0v) is 13.5. The SMILES string of the molecule is CCCC.CCOC(OCC)(OCC)C(C)CC. The maximum Gasteiger partial charge on any atom is 0.285 e. The maximum atomic E-state index is 5.62. The first kappa shape index (κ1) is 20.2. The number of rotatable bonds is 9. The predicted molar refractivity (Wildman–Crippen MR) is 77.6 cm³/mol. The Balaban J connectivity index is 0. The number of ether oxygens (including phenoxy) is 3. The summed E-state index contributed by atoms with van der Waals surface area (Å²) < 4.78 is 16.9. The number of hydrogen-bond donors (Lipinski definition) is 0. The van der Waals surface area contributed by atoms with Crippen molar-refractivity contribution >= 4 is 0 Å². The summed E-state index contributed by atoms with van der Waals surface area (Å²) in [5.74, 6) is -0.602. The van der Waals surface area contributed by atoms with E-state index in [1.807, 2.05) is 20.8 Å². The molecule has 3 heteroatoms. The largest absolute Gasteiger partial charge is 0.328 e. The molecule has 0 saturated heterocycles. The van der Waals surface area contributed by atoms with Crippen molar-refractivity contribution < 1.29 is 14.2 Å². The van der Waals surface area contributed by atoms with Gasteiger partial charge in [0, 0.05) is 25.7 Å². The van der Waals surface area contributed by atoms with Crippen LogP contribution in [-0.2, 0) is 14.2 Å². The van der Waals surface area contributed by atoms with E-state index >= 15 is 0 Å². The summed E-state index contributed by atoms with van der Waals surface area (Å²) in [7, 11) is 0. The van der Waals surface area contributed by atoms with Gasteiger partial charge in [-0.15, -0.1) is 0 Å². The van der Waals surface area contributed by atoms with Gasteiger partial charge in [-0.1, -0.05) is 40.5 Å². The summed E-state index contributed by atoms with van der Waals surface area (Å²) in [6.07, 6.45) is 3.61. The van der Waals surface area contributed by atoms with Gasteiger partial charge in [-0.25, -0.2) is 0 Å². The van der Waals surface area contributed by atoms with Crippen molar-refractivity contribution in [2.24, 2.45) is 5.92 Å². The van der Waals surface area contributed by atoms with Crippen molar-refractivity contribution in [2.45, 2.75) is 73.7 Å². The Hall–Kier alpha value is -0.120. The molecule has 0 spiro atoms. The van der Waals surface area contributed by atoms with E-state index in [2.05, 4.69) is 27.7 Å². The van der Waals surface area contributed by atoms with Crippen molar-refractivity contribution in [3.05, 3.63) is 0 Å². The average Bonchev–Trinajstić information content (AvgIpc) is 2.38. The van der Waals surface area contributed by atoms with Crippen LogP contribution >= 0.6 is 0 Å². The first-order valence-electron chi connectivity index (χ1n) is 7.50. The van der Waals surface area contributed by atoms with Crippen LogP contribution < -0.4 is 0 Å². The van der Waals surface area contributed by atoms with Gasteiger partial charge in [0.05, 0.1) is 0 Å². The Morgan fingerprint density at radius 1 is 0.722 bits per heavy atom. The molecule has 3 nitrogen and oxygen atoms in total. The van der Waals surface area contributed by atoms with Gasteiger partial charge in [0.25, 0.3) is 5.97 Å². The molecule has 1 atom stereocenters. The molecule has 0 aromatic rings. The van der Waals surface area contributed by atoms with E-state index in [4.69, 9.17) is 14.2 Å². The fourth-order valence-corrected chi connectivity index (χ4v) is 1.41. The van der Waals surface area contributed by atoms with E-state index in [9.17, 15) is 0 Å². The highest BCUT2D eigenvalue weighted by molar-refractivity contribution is 4.65. The fourth-order valence-electron chi connectivity index (χ4n) is 1.41. The van der Waals surface area contributed by atoms with Gasteiger partial charge in [0.2, 0.25) is 0 Å². The molecule has 0 radical (unpaired) electrons. The third kappa shape index (κ3) is 8.06. The van der Waals surface area contributed by atoms with Crippen LogP contribution in [0, 0.1) is 5.92 Å². The number of unbranched alkanes of at least 4 members (excludes halogenated alkanes) is 1. The van der Waals surface area contributed by atoms with E-state index in [0.29, 0.717) is 19.8 Å². The lowest BCUT2D eigenvalue weighted by atomic mass is 10.1. The van der Waals surface area contributed by atoms with Crippen LogP contribution in [0.25, 0.3) is 0 Å². The van der Waals surface area contributed by atoms with Crippen LogP contribution in [0.5, 0.6) is 0 Å². The highest BCUT2D eigenvalue weighted by atomic mass is 16.9. The van der Waals surface area contributed by atoms with Crippen LogP contribution in [0.3, 0.4) is 0 Å². The quantitative estimate of drug-likeness (QED) is 0.568. The lowest BCUT2D eigenvalue weighted by Crippen LogP contribution is -2.45. The standard InChI is InChI=1S/C11H24O3.C4H10/c1-6-10(5)11(12-7-2,13-8-3)14-9-4;1-3-4-2/h10H,6-9H2,1-5H3;3-4H2,1-2H3. The minimum atomic E-state index is -0.840. The predicted octanol–water partition coefficient (Wildman–Crippen LogP) is 4.60. The Morgan fingerprint density at radius 3 is 1.22 bits per heavy atom. The monoisotopic (exact) mass is 262 g/mol. The molecule has 0 saturated carbocycles. The van der Waals surface area contributed by atoms with E-state index < -0.39 is 5.97 Å². The molecule has 0 rings (SSSR count). The van der Waals surface area contributed by atoms with Gasteiger partial charge < -0.3 is 14.2 Å². The molecular formula is C15H34O3. The molecule has 0 fully saturated rings. The highest BCUT2D eigenvalue weighted by Crippen LogP contribution is 2.27. The van der Waals surface area contributed by atoms with Crippen molar-refractivity contribution in [3.63, 3.8) is 0 Å². The molecule has 0 heterocycles. The van der Waals surface area contributed by atoms with E-state index in [-0.39, 0.29) is 5.92 Å². The molecule has 0 amide bonds. The van der Waals surface area contributed by atoms with E-state index in [0.717, 1.165) is 6.42 Å². The van der Waals surface area contributed by atoms with Crippen molar-refractivity contribution in [2.75, 3.05) is 19.8 Å². The molecule has 0 aliphatic heterocycles. The molecule has 1 unspecified atom stereocenters. The molecule has 0 aliphatic rings. The van der Waals surface area contributed by atoms with Crippen molar-refractivity contribution in [1.82, 2.24) is 0 Å². The molecule has 0 aromatic heterocycles. The second kappa shape index (κ2) is 13.3. The fraction of sp³-hybridized carbons (Fsp3) is 1.00. The van der Waals surface area contributed by atoms with Crippen LogP contribution in [0.2, 0.25) is 0 Å². The highest BCUT2D eigenvalue weighted by Gasteiger charge is 2.38. The Labute approximate surface area is 114 Å². The van der Waals surface area contributed by atoms with Gasteiger partial charge in [0.15, 0.2) is 0 Å². The normalized spacial score (nSPS) is 12.8. The Kier molecular flexibility index (Phi) is 14.9. The zero-order chi connectivity index (χ0) is 14.4. The van der Waals surface area contributed by atoms with Gasteiger partial charge in [0.1, 0.15) is 0 Å². The van der Waals surface area contributed by atoms with E-state index in [1.54, 1.807) is 0 Å². The van der Waals surface area contributed by atoms with Crippen LogP contribution in [-0.4, -0.2) is 25.8 Å². The summed E-state index contributed by atoms with van der Waals surface area (Å²) in [5.41, 5.74) is 0. The average molecular weight is 262 g/mol. The third-order valence-corrected chi connectivity index (χ3v) is 2.75. The number of hydrogen-bond acceptors (Lipinski definition) is 3. The molecule has 0 aliphatic carbocycles. The van der Waals surface area contributed by atoms with Gasteiger partial charge in [-0.05, 0) is 27.2 Å². The minimum Gasteiger partial charge on any atom is -0.328 e. The van der Waals surface area contributed by atoms with Crippen LogP contribution in [0.4, 0.5) is 0 Å². The molecule has 18 heavy (non-hydrogen) atoms. The second-order valence-corrected chi connectivity index (χ2v) is 4.21. The Morgan fingerprint density at radius 2 is 1.06 bits per heavy atom. The first-order chi connectivity index (χ1) is 8.58. The second-order valence-electron chi connectivity index (χ2n) is 4.21. The van der Waals surface area contributed by atoms with Crippen LogP contribution in [0.15, 0.2) is 0 Å². The summed E-state index contributed by atoms with van der Waals surface area (Å²) >= 11 is 0. The maximum absolute atomic E-state index is 5.62. The molecule has 0 bridgehead atoms. The Bertz CT molecular complexity index is 141. The first-order valence-corrected chi connectivity index (χ1v) is 7.50. The summed E-state index contributed by atoms with van der Waals surface area (Å²) in [5, 5.41) is 0. The molecule has 0 N–H and O–H groups in total. The topological polar surface area (TPSA) is 27.7 Å². The van der Waals surface area contributed by atoms with Gasteiger partial charge in [-0.3, -0.25) is 0 Å². The molecular weight excluding hydrogens is 228 g/mol. The zero-order valence-electron chi connectivity index (χ0n) is 13.5. The van der Waals surface area contributed by atoms with Gasteiger partial charge >= 0.3 is 0 Å². The molecule has 112 valence electrons. The molecule has 0 aromatic carbocycles. The van der Waals surface area contributed by atoms with Crippen molar-refractivity contribution in [1.29, 1.82) is 0 Å².